The van der Waals surface area contributed by atoms with E-state index in [-0.39, 0.29) is 10.9 Å². The molecule has 1 N–H and O–H groups in total. The minimum Gasteiger partial charge on any atom is -0.493 e. The van der Waals surface area contributed by atoms with Gasteiger partial charge < -0.3 is 9.47 Å². The Morgan fingerprint density at radius 1 is 1.12 bits per heavy atom. The predicted molar refractivity (Wildman–Crippen MR) is 104 cm³/mol. The summed E-state index contributed by atoms with van der Waals surface area (Å²) in [7, 11) is -0.766. The van der Waals surface area contributed by atoms with E-state index in [0.717, 1.165) is 12.0 Å². The van der Waals surface area contributed by atoms with Crippen LogP contribution in [0.1, 0.15) is 24.9 Å². The molecule has 0 saturated heterocycles. The Morgan fingerprint density at radius 3 is 2.23 bits per heavy atom. The molecule has 26 heavy (non-hydrogen) atoms. The van der Waals surface area contributed by atoms with Crippen molar-refractivity contribution in [3.05, 3.63) is 52.5 Å². The maximum absolute atomic E-state index is 13.1. The first-order chi connectivity index (χ1) is 12.4. The second kappa shape index (κ2) is 7.58. The Bertz CT molecular complexity index is 886. The zero-order valence-electron chi connectivity index (χ0n) is 14.9. The Hall–Kier alpha value is -1.57. The van der Waals surface area contributed by atoms with Crippen molar-refractivity contribution in [3.63, 3.8) is 0 Å². The molecule has 5 nitrogen and oxygen atoms in total. The number of sulfonamides is 1. The van der Waals surface area contributed by atoms with Crippen molar-refractivity contribution in [2.75, 3.05) is 14.2 Å². The lowest BCUT2D eigenvalue weighted by atomic mass is 10.0. The molecule has 2 aromatic carbocycles. The average molecular weight is 440 g/mol. The summed E-state index contributed by atoms with van der Waals surface area (Å²) in [5.41, 5.74) is 0.974. The summed E-state index contributed by atoms with van der Waals surface area (Å²) in [6, 6.07) is 12.5. The van der Waals surface area contributed by atoms with Crippen LogP contribution in [0.15, 0.2) is 51.8 Å². The number of benzene rings is 2. The number of hydrogen-bond donors (Lipinski definition) is 1. The molecular formula is C19H22BrNO4S. The van der Waals surface area contributed by atoms with Crippen molar-refractivity contribution >= 4 is 26.0 Å². The summed E-state index contributed by atoms with van der Waals surface area (Å²) >= 11 is 3.34. The highest BCUT2D eigenvalue weighted by molar-refractivity contribution is 9.10. The Kier molecular flexibility index (Phi) is 5.60. The van der Waals surface area contributed by atoms with Crippen LogP contribution in [0, 0.1) is 11.8 Å². The van der Waals surface area contributed by atoms with Gasteiger partial charge in [-0.25, -0.2) is 13.1 Å². The zero-order chi connectivity index (χ0) is 18.9. The van der Waals surface area contributed by atoms with Gasteiger partial charge in [-0.3, -0.25) is 0 Å². The molecule has 3 unspecified atom stereocenters. The molecule has 0 spiro atoms. The van der Waals surface area contributed by atoms with Crippen LogP contribution in [-0.2, 0) is 10.0 Å². The minimum absolute atomic E-state index is 0.129. The lowest BCUT2D eigenvalue weighted by molar-refractivity contribution is 0.353. The minimum atomic E-state index is -3.76. The fraction of sp³-hybridized carbons (Fsp3) is 0.368. The van der Waals surface area contributed by atoms with E-state index in [1.54, 1.807) is 6.07 Å². The lowest BCUT2D eigenvalue weighted by Crippen LogP contribution is -2.30. The first-order valence-corrected chi connectivity index (χ1v) is 10.6. The molecule has 0 amide bonds. The zero-order valence-corrected chi connectivity index (χ0v) is 17.3. The molecule has 2 aromatic rings. The largest absolute Gasteiger partial charge is 0.493 e. The molecule has 0 aliphatic heterocycles. The third kappa shape index (κ3) is 3.89. The monoisotopic (exact) mass is 439 g/mol. The Balaban J connectivity index is 1.97. The topological polar surface area (TPSA) is 64.6 Å². The van der Waals surface area contributed by atoms with Crippen molar-refractivity contribution < 1.29 is 17.9 Å². The highest BCUT2D eigenvalue weighted by Crippen LogP contribution is 2.47. The lowest BCUT2D eigenvalue weighted by Gasteiger charge is -2.20. The molecule has 0 radical (unpaired) electrons. The normalized spacial score (nSPS) is 20.5. The van der Waals surface area contributed by atoms with Crippen molar-refractivity contribution in [2.24, 2.45) is 11.8 Å². The molecule has 0 bridgehead atoms. The molecule has 0 aromatic heterocycles. The molecular weight excluding hydrogens is 418 g/mol. The van der Waals surface area contributed by atoms with Crippen LogP contribution in [0.5, 0.6) is 11.5 Å². The van der Waals surface area contributed by atoms with Crippen molar-refractivity contribution in [3.8, 4) is 11.5 Å². The number of ether oxygens (including phenoxy) is 2. The van der Waals surface area contributed by atoms with Crippen LogP contribution in [0.25, 0.3) is 0 Å². The summed E-state index contributed by atoms with van der Waals surface area (Å²) in [6.45, 7) is 2.14. The number of hydrogen-bond acceptors (Lipinski definition) is 4. The Morgan fingerprint density at radius 2 is 1.69 bits per heavy atom. The number of halogens is 1. The predicted octanol–water partition coefficient (Wildman–Crippen LogP) is 4.14. The summed E-state index contributed by atoms with van der Waals surface area (Å²) < 4.78 is 40.0. The van der Waals surface area contributed by atoms with E-state index in [4.69, 9.17) is 9.47 Å². The van der Waals surface area contributed by atoms with E-state index in [1.807, 2.05) is 30.3 Å². The van der Waals surface area contributed by atoms with Crippen LogP contribution in [0.3, 0.4) is 0 Å². The van der Waals surface area contributed by atoms with Crippen LogP contribution in [0.2, 0.25) is 0 Å². The summed E-state index contributed by atoms with van der Waals surface area (Å²) in [4.78, 5) is 0.129. The third-order valence-electron chi connectivity index (χ3n) is 4.77. The molecule has 1 aliphatic carbocycles. The van der Waals surface area contributed by atoms with E-state index in [0.29, 0.717) is 27.8 Å². The summed E-state index contributed by atoms with van der Waals surface area (Å²) in [5, 5.41) is 0. The van der Waals surface area contributed by atoms with Gasteiger partial charge in [0.25, 0.3) is 0 Å². The molecule has 1 saturated carbocycles. The van der Waals surface area contributed by atoms with Gasteiger partial charge in [-0.2, -0.15) is 0 Å². The SMILES string of the molecule is COc1cc(Br)c(S(=O)(=O)NC(c2ccccc2)C2CC2C)cc1OC. The van der Waals surface area contributed by atoms with E-state index in [2.05, 4.69) is 27.6 Å². The van der Waals surface area contributed by atoms with Crippen LogP contribution in [0.4, 0.5) is 0 Å². The van der Waals surface area contributed by atoms with Gasteiger partial charge in [0.15, 0.2) is 11.5 Å². The van der Waals surface area contributed by atoms with Gasteiger partial charge >= 0.3 is 0 Å². The molecule has 7 heteroatoms. The van der Waals surface area contributed by atoms with Gasteiger partial charge in [0.2, 0.25) is 10.0 Å². The number of nitrogens with one attached hydrogen (secondary N) is 1. The van der Waals surface area contributed by atoms with Gasteiger partial charge in [0.1, 0.15) is 4.90 Å². The maximum Gasteiger partial charge on any atom is 0.242 e. The highest BCUT2D eigenvalue weighted by atomic mass is 79.9. The first-order valence-electron chi connectivity index (χ1n) is 8.36. The van der Waals surface area contributed by atoms with Gasteiger partial charge in [0, 0.05) is 10.5 Å². The summed E-state index contributed by atoms with van der Waals surface area (Å²) in [5.74, 6) is 1.63. The fourth-order valence-electron chi connectivity index (χ4n) is 3.15. The van der Waals surface area contributed by atoms with Crippen molar-refractivity contribution in [2.45, 2.75) is 24.3 Å². The van der Waals surface area contributed by atoms with Crippen LogP contribution in [-0.4, -0.2) is 22.6 Å². The molecule has 0 heterocycles. The standard InChI is InChI=1S/C19H22BrNO4S/c1-12-9-14(12)19(13-7-5-4-6-8-13)21-26(22,23)18-11-17(25-3)16(24-2)10-15(18)20/h4-8,10-12,14,19,21H,9H2,1-3H3. The second-order valence-electron chi connectivity index (χ2n) is 6.52. The van der Waals surface area contributed by atoms with Gasteiger partial charge in [-0.1, -0.05) is 37.3 Å². The molecule has 1 aliphatic rings. The van der Waals surface area contributed by atoms with E-state index in [1.165, 1.54) is 20.3 Å². The molecule has 3 rings (SSSR count). The Labute approximate surface area is 162 Å². The second-order valence-corrected chi connectivity index (χ2v) is 9.06. The summed E-state index contributed by atoms with van der Waals surface area (Å²) in [6.07, 6.45) is 1.01. The van der Waals surface area contributed by atoms with Gasteiger partial charge in [-0.05, 0) is 45.8 Å². The number of rotatable bonds is 7. The van der Waals surface area contributed by atoms with Gasteiger partial charge in [-0.15, -0.1) is 0 Å². The van der Waals surface area contributed by atoms with E-state index < -0.39 is 10.0 Å². The van der Waals surface area contributed by atoms with E-state index in [9.17, 15) is 8.42 Å². The van der Waals surface area contributed by atoms with Gasteiger partial charge in [0.05, 0.1) is 20.3 Å². The fourth-order valence-corrected chi connectivity index (χ4v) is 5.46. The average Bonchev–Trinajstić information content (AvgIpc) is 3.36. The maximum atomic E-state index is 13.1. The highest BCUT2D eigenvalue weighted by Gasteiger charge is 2.42. The number of methoxy groups -OCH3 is 2. The molecule has 140 valence electrons. The third-order valence-corrected chi connectivity index (χ3v) is 7.17. The first kappa shape index (κ1) is 19.2. The van der Waals surface area contributed by atoms with Crippen LogP contribution < -0.4 is 14.2 Å². The van der Waals surface area contributed by atoms with Crippen molar-refractivity contribution in [1.82, 2.24) is 4.72 Å². The van der Waals surface area contributed by atoms with E-state index >= 15 is 0 Å². The smallest absolute Gasteiger partial charge is 0.242 e. The van der Waals surface area contributed by atoms with Crippen LogP contribution >= 0.6 is 15.9 Å². The quantitative estimate of drug-likeness (QED) is 0.703. The molecule has 1 fully saturated rings. The molecule has 3 atom stereocenters. The van der Waals surface area contributed by atoms with Crippen molar-refractivity contribution in [1.29, 1.82) is 0 Å².